The molecule has 37 heavy (non-hydrogen) atoms. The largest absolute Gasteiger partial charge is 0.496 e. The number of halogens is 2. The maximum Gasteiger partial charge on any atom is 0.333 e. The molecule has 0 spiro atoms. The molecule has 0 bridgehead atoms. The Bertz CT molecular complexity index is 1460. The monoisotopic (exact) mass is 620 g/mol. The van der Waals surface area contributed by atoms with Crippen molar-refractivity contribution in [2.75, 3.05) is 14.2 Å². The maximum atomic E-state index is 14.1. The van der Waals surface area contributed by atoms with Crippen LogP contribution >= 0.6 is 31.9 Å². The quantitative estimate of drug-likeness (QED) is 0.231. The molecule has 0 N–H and O–H groups in total. The van der Waals surface area contributed by atoms with Crippen LogP contribution in [0.4, 0.5) is 0 Å². The number of hydrogen-bond donors (Lipinski definition) is 0. The summed E-state index contributed by atoms with van der Waals surface area (Å²) in [5, 5.41) is 11.1. The minimum Gasteiger partial charge on any atom is -0.496 e. The van der Waals surface area contributed by atoms with Crippen molar-refractivity contribution in [3.63, 3.8) is 0 Å². The Morgan fingerprint density at radius 1 is 1.00 bits per heavy atom. The fourth-order valence-electron chi connectivity index (χ4n) is 4.68. The Kier molecular flexibility index (Phi) is 7.67. The fraction of sp³-hybridized carbons (Fsp3) is 0.138. The zero-order chi connectivity index (χ0) is 26.7. The predicted molar refractivity (Wildman–Crippen MR) is 148 cm³/mol. The molecule has 0 radical (unpaired) electrons. The minimum atomic E-state index is -1.72. The highest BCUT2D eigenvalue weighted by Gasteiger charge is 2.54. The van der Waals surface area contributed by atoms with E-state index in [-0.39, 0.29) is 5.57 Å². The van der Waals surface area contributed by atoms with Gasteiger partial charge in [0.2, 0.25) is 0 Å². The third kappa shape index (κ3) is 4.50. The van der Waals surface area contributed by atoms with E-state index in [1.54, 1.807) is 66.9 Å². The SMILES string of the molecule is C=C(C(=O)OC)[C@@H](c1ccccc1OC)[C@]1(C#N)c2ccccc2C(Br)=CN1C(=O)c1ccc(Br)cc1. The van der Waals surface area contributed by atoms with Crippen LogP contribution in [0.5, 0.6) is 5.75 Å². The third-order valence-electron chi connectivity index (χ3n) is 6.36. The highest BCUT2D eigenvalue weighted by Crippen LogP contribution is 2.53. The van der Waals surface area contributed by atoms with Crippen molar-refractivity contribution >= 4 is 48.2 Å². The van der Waals surface area contributed by atoms with Gasteiger partial charge in [-0.05, 0) is 51.8 Å². The molecule has 8 heteroatoms. The van der Waals surface area contributed by atoms with Gasteiger partial charge in [0.1, 0.15) is 5.75 Å². The van der Waals surface area contributed by atoms with Crippen molar-refractivity contribution < 1.29 is 19.1 Å². The van der Waals surface area contributed by atoms with E-state index in [4.69, 9.17) is 9.47 Å². The standard InChI is InChI=1S/C29H22Br2N2O4/c1-18(28(35)37-3)26(22-9-5-7-11-25(22)36-2)29(17-32)23-10-6-4-8-21(23)24(31)16-33(29)27(34)19-12-14-20(30)15-13-19/h4-16,26H,1H2,2-3H3/t26-,29-/m0/s1. The van der Waals surface area contributed by atoms with Gasteiger partial charge in [-0.1, -0.05) is 65.0 Å². The number of fused-ring (bicyclic) bond motifs is 1. The number of esters is 1. The summed E-state index contributed by atoms with van der Waals surface area (Å²) in [6.45, 7) is 4.06. The Hall–Kier alpha value is -3.67. The number of ether oxygens (including phenoxy) is 2. The summed E-state index contributed by atoms with van der Waals surface area (Å²) in [4.78, 5) is 28.5. The topological polar surface area (TPSA) is 79.6 Å². The minimum absolute atomic E-state index is 0.00313. The molecule has 1 amide bonds. The molecule has 3 aromatic carbocycles. The maximum absolute atomic E-state index is 14.1. The number of carbonyl (C=O) groups is 2. The second-order valence-corrected chi connectivity index (χ2v) is 10.0. The van der Waals surface area contributed by atoms with Crippen molar-refractivity contribution in [2.45, 2.75) is 11.5 Å². The van der Waals surface area contributed by atoms with Crippen molar-refractivity contribution in [3.8, 4) is 11.8 Å². The lowest BCUT2D eigenvalue weighted by Crippen LogP contribution is -2.52. The molecular formula is C29H22Br2N2O4. The molecule has 0 fully saturated rings. The number of methoxy groups -OCH3 is 2. The van der Waals surface area contributed by atoms with Crippen LogP contribution in [-0.4, -0.2) is 31.0 Å². The number of nitrogens with zero attached hydrogens (tertiary/aromatic N) is 2. The van der Waals surface area contributed by atoms with Gasteiger partial charge in [0.25, 0.3) is 5.91 Å². The second kappa shape index (κ2) is 10.8. The van der Waals surface area contributed by atoms with Crippen LogP contribution in [0.1, 0.15) is 33.0 Å². The Morgan fingerprint density at radius 2 is 1.65 bits per heavy atom. The van der Waals surface area contributed by atoms with Gasteiger partial charge < -0.3 is 9.47 Å². The molecule has 186 valence electrons. The lowest BCUT2D eigenvalue weighted by molar-refractivity contribution is -0.136. The summed E-state index contributed by atoms with van der Waals surface area (Å²) in [6, 6.07) is 23.6. The average molecular weight is 622 g/mol. The number of rotatable bonds is 6. The van der Waals surface area contributed by atoms with Crippen LogP contribution in [0.25, 0.3) is 4.48 Å². The normalized spacial score (nSPS) is 17.1. The first-order chi connectivity index (χ1) is 17.8. The van der Waals surface area contributed by atoms with Gasteiger partial charge in [0.15, 0.2) is 5.54 Å². The van der Waals surface area contributed by atoms with Gasteiger partial charge in [-0.15, -0.1) is 0 Å². The van der Waals surface area contributed by atoms with Crippen molar-refractivity contribution in [1.82, 2.24) is 4.90 Å². The summed E-state index contributed by atoms with van der Waals surface area (Å²) in [5.41, 5.74) is 0.388. The van der Waals surface area contributed by atoms with Gasteiger partial charge in [-0.2, -0.15) is 5.26 Å². The molecule has 0 saturated heterocycles. The Balaban J connectivity index is 2.10. The molecule has 1 heterocycles. The summed E-state index contributed by atoms with van der Waals surface area (Å²) in [7, 11) is 2.76. The summed E-state index contributed by atoms with van der Waals surface area (Å²) >= 11 is 6.98. The van der Waals surface area contributed by atoms with E-state index in [1.165, 1.54) is 19.1 Å². The van der Waals surface area contributed by atoms with Crippen LogP contribution in [0.15, 0.2) is 95.6 Å². The van der Waals surface area contributed by atoms with Gasteiger partial charge >= 0.3 is 5.97 Å². The first-order valence-electron chi connectivity index (χ1n) is 11.2. The number of carbonyl (C=O) groups excluding carboxylic acids is 2. The Labute approximate surface area is 232 Å². The molecule has 2 atom stereocenters. The first-order valence-corrected chi connectivity index (χ1v) is 12.8. The van der Waals surface area contributed by atoms with E-state index in [0.717, 1.165) is 4.47 Å². The lowest BCUT2D eigenvalue weighted by atomic mass is 9.68. The summed E-state index contributed by atoms with van der Waals surface area (Å²) in [6.07, 6.45) is 1.59. The molecule has 0 aromatic heterocycles. The van der Waals surface area contributed by atoms with Crippen LogP contribution in [-0.2, 0) is 15.1 Å². The van der Waals surface area contributed by atoms with Crippen molar-refractivity contribution in [1.29, 1.82) is 5.26 Å². The average Bonchev–Trinajstić information content (AvgIpc) is 2.94. The molecule has 0 unspecified atom stereocenters. The Morgan fingerprint density at radius 3 is 2.30 bits per heavy atom. The van der Waals surface area contributed by atoms with E-state index in [0.29, 0.717) is 32.5 Å². The van der Waals surface area contributed by atoms with E-state index in [9.17, 15) is 14.9 Å². The second-order valence-electron chi connectivity index (χ2n) is 8.27. The number of amides is 1. The lowest BCUT2D eigenvalue weighted by Gasteiger charge is -2.46. The van der Waals surface area contributed by atoms with E-state index >= 15 is 0 Å². The van der Waals surface area contributed by atoms with Crippen molar-refractivity contribution in [3.05, 3.63) is 118 Å². The number of hydrogen-bond acceptors (Lipinski definition) is 5. The van der Waals surface area contributed by atoms with Crippen LogP contribution in [0.3, 0.4) is 0 Å². The van der Waals surface area contributed by atoms with E-state index in [2.05, 4.69) is 44.5 Å². The molecule has 4 rings (SSSR count). The summed E-state index contributed by atoms with van der Waals surface area (Å²) < 4.78 is 12.1. The zero-order valence-corrected chi connectivity index (χ0v) is 23.2. The highest BCUT2D eigenvalue weighted by atomic mass is 79.9. The van der Waals surface area contributed by atoms with Crippen molar-refractivity contribution in [2.24, 2.45) is 0 Å². The van der Waals surface area contributed by atoms with Gasteiger partial charge in [-0.3, -0.25) is 9.69 Å². The fourth-order valence-corrected chi connectivity index (χ4v) is 5.50. The predicted octanol–water partition coefficient (Wildman–Crippen LogP) is 6.54. The van der Waals surface area contributed by atoms with E-state index < -0.39 is 23.3 Å². The van der Waals surface area contributed by atoms with E-state index in [1.807, 2.05) is 12.1 Å². The number of benzene rings is 3. The van der Waals surface area contributed by atoms with Crippen LogP contribution < -0.4 is 4.74 Å². The summed E-state index contributed by atoms with van der Waals surface area (Å²) in [5.74, 6) is -1.74. The molecule has 0 saturated carbocycles. The number of para-hydroxylation sites is 1. The smallest absolute Gasteiger partial charge is 0.333 e. The molecule has 6 nitrogen and oxygen atoms in total. The number of nitriles is 1. The third-order valence-corrected chi connectivity index (χ3v) is 7.52. The van der Waals surface area contributed by atoms with Gasteiger partial charge in [-0.25, -0.2) is 4.79 Å². The molecule has 1 aliphatic rings. The van der Waals surface area contributed by atoms with Gasteiger partial charge in [0, 0.05) is 37.4 Å². The highest BCUT2D eigenvalue weighted by molar-refractivity contribution is 9.15. The first kappa shape index (κ1) is 26.4. The molecule has 0 aliphatic carbocycles. The van der Waals surface area contributed by atoms with Gasteiger partial charge in [0.05, 0.1) is 26.2 Å². The van der Waals surface area contributed by atoms with Crippen LogP contribution in [0, 0.1) is 11.3 Å². The van der Waals surface area contributed by atoms with Crippen LogP contribution in [0.2, 0.25) is 0 Å². The molecule has 3 aromatic rings. The molecule has 1 aliphatic heterocycles. The molecular weight excluding hydrogens is 600 g/mol. The zero-order valence-electron chi connectivity index (χ0n) is 20.1.